The molecule has 0 saturated heterocycles. The van der Waals surface area contributed by atoms with Gasteiger partial charge in [-0.2, -0.15) is 0 Å². The molecule has 0 aliphatic heterocycles. The lowest BCUT2D eigenvalue weighted by atomic mass is 10.0. The second-order valence-corrected chi connectivity index (χ2v) is 5.48. The van der Waals surface area contributed by atoms with Gasteiger partial charge in [0.2, 0.25) is 11.8 Å². The highest BCUT2D eigenvalue weighted by molar-refractivity contribution is 6.30. The number of aliphatic hydroxyl groups excluding tert-OH is 1. The third kappa shape index (κ3) is 6.94. The molecule has 136 valence electrons. The summed E-state index contributed by atoms with van der Waals surface area (Å²) >= 11 is 5.80. The van der Waals surface area contributed by atoms with Gasteiger partial charge in [-0.15, -0.1) is 0 Å². The number of nitrogens with one attached hydrogen (secondary N) is 2. The van der Waals surface area contributed by atoms with Crippen molar-refractivity contribution < 1.29 is 24.2 Å². The van der Waals surface area contributed by atoms with E-state index in [0.29, 0.717) is 10.6 Å². The van der Waals surface area contributed by atoms with Crippen LogP contribution in [-0.4, -0.2) is 42.1 Å². The SMILES string of the molecule is C=CC(=O)NCCC(=O)NC(C(=O)OCC)C(O)c1ccc(Cl)cc1. The lowest BCUT2D eigenvalue weighted by molar-refractivity contribution is -0.151. The number of hydrogen-bond donors (Lipinski definition) is 3. The molecule has 0 heterocycles. The molecule has 2 amide bonds. The molecule has 2 atom stereocenters. The smallest absolute Gasteiger partial charge is 0.331 e. The van der Waals surface area contributed by atoms with Crippen LogP contribution in [0.25, 0.3) is 0 Å². The van der Waals surface area contributed by atoms with Crippen molar-refractivity contribution in [2.24, 2.45) is 0 Å². The molecule has 0 aliphatic carbocycles. The van der Waals surface area contributed by atoms with Crippen molar-refractivity contribution in [2.45, 2.75) is 25.5 Å². The summed E-state index contributed by atoms with van der Waals surface area (Å²) in [5.41, 5.74) is 0.405. The van der Waals surface area contributed by atoms with Crippen molar-refractivity contribution in [1.29, 1.82) is 0 Å². The Morgan fingerprint density at radius 3 is 2.52 bits per heavy atom. The molecule has 0 fully saturated rings. The van der Waals surface area contributed by atoms with Gasteiger partial charge in [-0.05, 0) is 30.7 Å². The highest BCUT2D eigenvalue weighted by atomic mass is 35.5. The summed E-state index contributed by atoms with van der Waals surface area (Å²) in [6.45, 7) is 5.10. The molecular formula is C17H21ClN2O5. The Morgan fingerprint density at radius 2 is 1.96 bits per heavy atom. The Hall–Kier alpha value is -2.38. The summed E-state index contributed by atoms with van der Waals surface area (Å²) in [7, 11) is 0. The first-order valence-electron chi connectivity index (χ1n) is 7.68. The van der Waals surface area contributed by atoms with Gasteiger partial charge in [0.05, 0.1) is 6.61 Å². The van der Waals surface area contributed by atoms with E-state index in [1.807, 2.05) is 0 Å². The maximum Gasteiger partial charge on any atom is 0.331 e. The third-order valence-electron chi connectivity index (χ3n) is 3.22. The zero-order valence-electron chi connectivity index (χ0n) is 13.8. The van der Waals surface area contributed by atoms with Crippen molar-refractivity contribution in [3.8, 4) is 0 Å². The van der Waals surface area contributed by atoms with Crippen LogP contribution in [0, 0.1) is 0 Å². The number of carbonyl (C=O) groups excluding carboxylic acids is 3. The minimum absolute atomic E-state index is 0.0666. The largest absolute Gasteiger partial charge is 0.464 e. The van der Waals surface area contributed by atoms with E-state index in [9.17, 15) is 19.5 Å². The number of carbonyl (C=O) groups is 3. The zero-order valence-corrected chi connectivity index (χ0v) is 14.6. The summed E-state index contributed by atoms with van der Waals surface area (Å²) < 4.78 is 4.91. The van der Waals surface area contributed by atoms with Crippen LogP contribution in [0.5, 0.6) is 0 Å². The molecule has 0 spiro atoms. The Balaban J connectivity index is 2.77. The number of amides is 2. The monoisotopic (exact) mass is 368 g/mol. The Morgan fingerprint density at radius 1 is 1.32 bits per heavy atom. The second-order valence-electron chi connectivity index (χ2n) is 5.04. The second kappa shape index (κ2) is 10.5. The minimum Gasteiger partial charge on any atom is -0.464 e. The molecule has 0 saturated carbocycles. The number of ether oxygens (including phenoxy) is 1. The predicted octanol–water partition coefficient (Wildman–Crippen LogP) is 1.11. The maximum absolute atomic E-state index is 12.1. The van der Waals surface area contributed by atoms with Crippen molar-refractivity contribution in [2.75, 3.05) is 13.2 Å². The molecule has 1 rings (SSSR count). The van der Waals surface area contributed by atoms with Crippen LogP contribution in [0.2, 0.25) is 5.02 Å². The summed E-state index contributed by atoms with van der Waals surface area (Å²) in [6.07, 6.45) is -0.282. The van der Waals surface area contributed by atoms with E-state index >= 15 is 0 Å². The van der Waals surface area contributed by atoms with Crippen molar-refractivity contribution in [3.63, 3.8) is 0 Å². The van der Waals surface area contributed by atoms with Crippen LogP contribution in [0.15, 0.2) is 36.9 Å². The fourth-order valence-electron chi connectivity index (χ4n) is 1.97. The first kappa shape index (κ1) is 20.7. The van der Waals surface area contributed by atoms with E-state index in [1.54, 1.807) is 31.2 Å². The van der Waals surface area contributed by atoms with Gasteiger partial charge in [0.1, 0.15) is 6.10 Å². The molecule has 1 aromatic rings. The highest BCUT2D eigenvalue weighted by Gasteiger charge is 2.30. The standard InChI is InChI=1S/C17H21ClN2O5/c1-3-13(21)19-10-9-14(22)20-15(17(24)25-4-2)16(23)11-5-7-12(18)8-6-11/h3,5-8,15-16,23H,1,4,9-10H2,2H3,(H,19,21)(H,20,22). The first-order chi connectivity index (χ1) is 11.9. The van der Waals surface area contributed by atoms with Crippen molar-refractivity contribution >= 4 is 29.4 Å². The Labute approximate surface area is 151 Å². The molecule has 0 bridgehead atoms. The van der Waals surface area contributed by atoms with E-state index in [4.69, 9.17) is 16.3 Å². The predicted molar refractivity (Wildman–Crippen MR) is 92.8 cm³/mol. The van der Waals surface area contributed by atoms with Crippen LogP contribution in [0.1, 0.15) is 25.0 Å². The molecular weight excluding hydrogens is 348 g/mol. The number of hydrogen-bond acceptors (Lipinski definition) is 5. The van der Waals surface area contributed by atoms with Gasteiger partial charge in [-0.3, -0.25) is 9.59 Å². The highest BCUT2D eigenvalue weighted by Crippen LogP contribution is 2.20. The fourth-order valence-corrected chi connectivity index (χ4v) is 2.09. The molecule has 7 nitrogen and oxygen atoms in total. The Kier molecular flexibility index (Phi) is 8.66. The number of rotatable bonds is 9. The van der Waals surface area contributed by atoms with E-state index in [2.05, 4.69) is 17.2 Å². The topological polar surface area (TPSA) is 105 Å². The minimum atomic E-state index is -1.30. The number of aliphatic hydroxyl groups is 1. The molecule has 0 aromatic heterocycles. The summed E-state index contributed by atoms with van der Waals surface area (Å²) in [6, 6.07) is 4.96. The van der Waals surface area contributed by atoms with E-state index in [-0.39, 0.29) is 19.6 Å². The fraction of sp³-hybridized carbons (Fsp3) is 0.353. The van der Waals surface area contributed by atoms with Gasteiger partial charge < -0.3 is 20.5 Å². The van der Waals surface area contributed by atoms with E-state index in [1.165, 1.54) is 0 Å². The molecule has 1 aromatic carbocycles. The average molecular weight is 369 g/mol. The number of esters is 1. The average Bonchev–Trinajstić information content (AvgIpc) is 2.59. The van der Waals surface area contributed by atoms with E-state index in [0.717, 1.165) is 6.08 Å². The molecule has 3 N–H and O–H groups in total. The van der Waals surface area contributed by atoms with Crippen LogP contribution in [-0.2, 0) is 19.1 Å². The zero-order chi connectivity index (χ0) is 18.8. The lowest BCUT2D eigenvalue weighted by Crippen LogP contribution is -2.46. The first-order valence-corrected chi connectivity index (χ1v) is 8.06. The normalized spacial score (nSPS) is 12.6. The number of benzene rings is 1. The molecule has 8 heteroatoms. The van der Waals surface area contributed by atoms with Crippen LogP contribution < -0.4 is 10.6 Å². The quantitative estimate of drug-likeness (QED) is 0.447. The summed E-state index contributed by atoms with van der Waals surface area (Å²) in [4.78, 5) is 35.1. The van der Waals surface area contributed by atoms with Gasteiger partial charge in [-0.25, -0.2) is 4.79 Å². The van der Waals surface area contributed by atoms with Gasteiger partial charge >= 0.3 is 5.97 Å². The van der Waals surface area contributed by atoms with Gasteiger partial charge in [0.15, 0.2) is 6.04 Å². The lowest BCUT2D eigenvalue weighted by Gasteiger charge is -2.23. The van der Waals surface area contributed by atoms with Crippen LogP contribution in [0.4, 0.5) is 0 Å². The number of halogens is 1. The third-order valence-corrected chi connectivity index (χ3v) is 3.47. The van der Waals surface area contributed by atoms with E-state index < -0.39 is 29.9 Å². The molecule has 0 aliphatic rings. The summed E-state index contributed by atoms with van der Waals surface area (Å²) in [5.74, 6) is -1.68. The summed E-state index contributed by atoms with van der Waals surface area (Å²) in [5, 5.41) is 15.8. The van der Waals surface area contributed by atoms with Crippen molar-refractivity contribution in [3.05, 3.63) is 47.5 Å². The van der Waals surface area contributed by atoms with Gasteiger partial charge in [0, 0.05) is 18.0 Å². The van der Waals surface area contributed by atoms with Gasteiger partial charge in [0.25, 0.3) is 0 Å². The van der Waals surface area contributed by atoms with Crippen LogP contribution in [0.3, 0.4) is 0 Å². The molecule has 2 unspecified atom stereocenters. The van der Waals surface area contributed by atoms with Gasteiger partial charge in [-0.1, -0.05) is 30.3 Å². The molecule has 25 heavy (non-hydrogen) atoms. The van der Waals surface area contributed by atoms with Crippen LogP contribution >= 0.6 is 11.6 Å². The Bertz CT molecular complexity index is 618. The maximum atomic E-state index is 12.1. The molecule has 0 radical (unpaired) electrons. The van der Waals surface area contributed by atoms with Crippen molar-refractivity contribution in [1.82, 2.24) is 10.6 Å².